The predicted molar refractivity (Wildman–Crippen MR) is 112 cm³/mol. The third kappa shape index (κ3) is 3.43. The lowest BCUT2D eigenvalue weighted by Crippen LogP contribution is -2.28. The smallest absolute Gasteiger partial charge is 0.267 e. The molecular formula is C19H16F2N10O. The number of aromatic amines is 1. The molecule has 11 nitrogen and oxygen atoms in total. The average Bonchev–Trinajstić information content (AvgIpc) is 3.27. The Hall–Kier alpha value is -4.60. The number of alkyl halides is 2. The topological polar surface area (TPSA) is 177 Å². The summed E-state index contributed by atoms with van der Waals surface area (Å²) < 4.78 is 28.3. The van der Waals surface area contributed by atoms with Crippen LogP contribution >= 0.6 is 0 Å². The Morgan fingerprint density at radius 1 is 1.22 bits per heavy atom. The number of aromatic nitrogens is 6. The summed E-state index contributed by atoms with van der Waals surface area (Å²) >= 11 is 0. The van der Waals surface area contributed by atoms with Gasteiger partial charge >= 0.3 is 0 Å². The molecule has 4 aromatic rings. The quantitative estimate of drug-likeness (QED) is 0.363. The number of rotatable bonds is 5. The van der Waals surface area contributed by atoms with Crippen molar-refractivity contribution < 1.29 is 8.78 Å². The van der Waals surface area contributed by atoms with Crippen LogP contribution in [0.25, 0.3) is 16.7 Å². The number of anilines is 3. The minimum atomic E-state index is -2.87. The number of hydrogen-bond acceptors (Lipinski definition) is 9. The molecule has 0 amide bonds. The lowest BCUT2D eigenvalue weighted by Gasteiger charge is -2.20. The number of nitriles is 1. The van der Waals surface area contributed by atoms with E-state index in [4.69, 9.17) is 11.5 Å². The average molecular weight is 438 g/mol. The van der Waals surface area contributed by atoms with Crippen molar-refractivity contribution in [2.45, 2.75) is 19.4 Å². The summed E-state index contributed by atoms with van der Waals surface area (Å²) in [5, 5.41) is 18.7. The summed E-state index contributed by atoms with van der Waals surface area (Å²) in [6, 6.07) is 6.69. The summed E-state index contributed by atoms with van der Waals surface area (Å²) in [6.07, 6.45) is -1.39. The van der Waals surface area contributed by atoms with Gasteiger partial charge in [0.2, 0.25) is 5.95 Å². The number of hydrogen-bond donors (Lipinski definition) is 4. The molecule has 0 aliphatic rings. The zero-order valence-electron chi connectivity index (χ0n) is 16.5. The number of nitrogens with zero attached hydrogens (tertiary/aromatic N) is 6. The standard InChI is InChI=1S/C19H16F2N10O/c1-8(26-16-10(7-22)15(23)28-19(24)29-16)17-27-11-4-2-3-9(14(20)21)13(11)18(32)31(17)12-5-6-25-30-12/h2-6,8,14H,1H3,(H,25,30)(H5,23,24,26,28,29)/t8-/m0/s1. The first-order valence-corrected chi connectivity index (χ1v) is 9.25. The highest BCUT2D eigenvalue weighted by Gasteiger charge is 2.24. The Morgan fingerprint density at radius 3 is 2.66 bits per heavy atom. The molecular weight excluding hydrogens is 422 g/mol. The Bertz CT molecular complexity index is 1410. The molecule has 3 heterocycles. The van der Waals surface area contributed by atoms with Gasteiger partial charge in [-0.15, -0.1) is 0 Å². The molecule has 13 heteroatoms. The molecule has 0 aliphatic carbocycles. The number of fused-ring (bicyclic) bond motifs is 1. The second kappa shape index (κ2) is 7.91. The highest BCUT2D eigenvalue weighted by molar-refractivity contribution is 5.82. The monoisotopic (exact) mass is 438 g/mol. The molecule has 0 radical (unpaired) electrons. The summed E-state index contributed by atoms with van der Waals surface area (Å²) in [7, 11) is 0. The Labute approximate surface area is 178 Å². The Kier molecular flexibility index (Phi) is 5.11. The van der Waals surface area contributed by atoms with Crippen LogP contribution in [-0.4, -0.2) is 29.7 Å². The van der Waals surface area contributed by atoms with Gasteiger partial charge < -0.3 is 16.8 Å². The molecule has 0 spiro atoms. The summed E-state index contributed by atoms with van der Waals surface area (Å²) in [6.45, 7) is 1.64. The van der Waals surface area contributed by atoms with E-state index in [0.717, 1.165) is 4.57 Å². The molecule has 32 heavy (non-hydrogen) atoms. The van der Waals surface area contributed by atoms with Crippen molar-refractivity contribution in [2.24, 2.45) is 0 Å². The molecule has 0 saturated heterocycles. The number of nitrogen functional groups attached to an aromatic ring is 2. The van der Waals surface area contributed by atoms with Gasteiger partial charge in [-0.3, -0.25) is 9.89 Å². The molecule has 162 valence electrons. The van der Waals surface area contributed by atoms with Crippen LogP contribution in [0.3, 0.4) is 0 Å². The zero-order valence-corrected chi connectivity index (χ0v) is 16.5. The fraction of sp³-hybridized carbons (Fsp3) is 0.158. The molecule has 1 aromatic carbocycles. The van der Waals surface area contributed by atoms with E-state index in [1.165, 1.54) is 30.5 Å². The van der Waals surface area contributed by atoms with Gasteiger partial charge in [0.1, 0.15) is 23.3 Å². The molecule has 0 unspecified atom stereocenters. The number of nitrogens with two attached hydrogens (primary N) is 2. The van der Waals surface area contributed by atoms with E-state index in [-0.39, 0.29) is 45.7 Å². The summed E-state index contributed by atoms with van der Waals surface area (Å²) in [5.41, 5.74) is 10.3. The molecule has 0 fully saturated rings. The van der Waals surface area contributed by atoms with Crippen molar-refractivity contribution >= 4 is 28.5 Å². The van der Waals surface area contributed by atoms with E-state index in [2.05, 4.69) is 30.5 Å². The van der Waals surface area contributed by atoms with Crippen LogP contribution in [0, 0.1) is 11.3 Å². The normalized spacial score (nSPS) is 12.1. The number of nitrogens with one attached hydrogen (secondary N) is 2. The maximum Gasteiger partial charge on any atom is 0.267 e. The maximum absolute atomic E-state index is 13.6. The van der Waals surface area contributed by atoms with Crippen molar-refractivity contribution in [2.75, 3.05) is 16.8 Å². The molecule has 0 saturated carbocycles. The van der Waals surface area contributed by atoms with Crippen LogP contribution in [0.15, 0.2) is 35.3 Å². The second-order valence-corrected chi connectivity index (χ2v) is 6.75. The maximum atomic E-state index is 13.6. The van der Waals surface area contributed by atoms with Crippen molar-refractivity contribution in [3.8, 4) is 11.9 Å². The van der Waals surface area contributed by atoms with E-state index in [1.807, 2.05) is 6.07 Å². The first-order chi connectivity index (χ1) is 15.3. The zero-order chi connectivity index (χ0) is 23.0. The van der Waals surface area contributed by atoms with Crippen molar-refractivity contribution in [3.63, 3.8) is 0 Å². The number of halogens is 2. The van der Waals surface area contributed by atoms with Gasteiger partial charge in [0.05, 0.1) is 16.9 Å². The molecule has 4 rings (SSSR count). The first kappa shape index (κ1) is 20.7. The van der Waals surface area contributed by atoms with Crippen molar-refractivity contribution in [1.82, 2.24) is 29.7 Å². The molecule has 0 aliphatic heterocycles. The summed E-state index contributed by atoms with van der Waals surface area (Å²) in [4.78, 5) is 25.6. The van der Waals surface area contributed by atoms with E-state index >= 15 is 0 Å². The largest absolute Gasteiger partial charge is 0.382 e. The van der Waals surface area contributed by atoms with E-state index in [9.17, 15) is 18.8 Å². The fourth-order valence-corrected chi connectivity index (χ4v) is 3.32. The van der Waals surface area contributed by atoms with Gasteiger partial charge in [-0.25, -0.2) is 18.3 Å². The highest BCUT2D eigenvalue weighted by Crippen LogP contribution is 2.28. The van der Waals surface area contributed by atoms with Crippen LogP contribution in [0.2, 0.25) is 0 Å². The minimum Gasteiger partial charge on any atom is -0.382 e. The van der Waals surface area contributed by atoms with Crippen molar-refractivity contribution in [3.05, 3.63) is 57.8 Å². The lowest BCUT2D eigenvalue weighted by atomic mass is 10.1. The van der Waals surface area contributed by atoms with E-state index < -0.39 is 23.6 Å². The SMILES string of the molecule is C[C@H](Nc1nc(N)nc(N)c1C#N)c1nc2cccc(C(F)F)c2c(=O)n1-c1cc[nH]n1. The van der Waals surface area contributed by atoms with E-state index in [1.54, 1.807) is 6.92 Å². The van der Waals surface area contributed by atoms with Gasteiger partial charge in [-0.1, -0.05) is 12.1 Å². The molecule has 1 atom stereocenters. The Balaban J connectivity index is 1.94. The number of benzene rings is 1. The van der Waals surface area contributed by atoms with Gasteiger partial charge in [0.25, 0.3) is 12.0 Å². The van der Waals surface area contributed by atoms with Gasteiger partial charge in [0, 0.05) is 17.8 Å². The fourth-order valence-electron chi connectivity index (χ4n) is 3.32. The lowest BCUT2D eigenvalue weighted by molar-refractivity contribution is 0.153. The third-order valence-corrected chi connectivity index (χ3v) is 4.71. The molecule has 3 aromatic heterocycles. The predicted octanol–water partition coefficient (Wildman–Crippen LogP) is 2.05. The highest BCUT2D eigenvalue weighted by atomic mass is 19.3. The van der Waals surface area contributed by atoms with Crippen LogP contribution in [-0.2, 0) is 0 Å². The second-order valence-electron chi connectivity index (χ2n) is 6.75. The van der Waals surface area contributed by atoms with E-state index in [0.29, 0.717) is 0 Å². The van der Waals surface area contributed by atoms with Crippen molar-refractivity contribution in [1.29, 1.82) is 5.26 Å². The minimum absolute atomic E-state index is 0.0363. The third-order valence-electron chi connectivity index (χ3n) is 4.71. The molecule has 0 bridgehead atoms. The van der Waals surface area contributed by atoms with Crippen LogP contribution in [0.5, 0.6) is 0 Å². The van der Waals surface area contributed by atoms with Crippen LogP contribution in [0.1, 0.15) is 36.3 Å². The first-order valence-electron chi connectivity index (χ1n) is 9.25. The van der Waals surface area contributed by atoms with Crippen LogP contribution in [0.4, 0.5) is 26.4 Å². The van der Waals surface area contributed by atoms with Gasteiger partial charge in [-0.05, 0) is 13.0 Å². The van der Waals surface area contributed by atoms with Gasteiger partial charge in [0.15, 0.2) is 11.6 Å². The molecule has 6 N–H and O–H groups in total. The number of H-pyrrole nitrogens is 1. The summed E-state index contributed by atoms with van der Waals surface area (Å²) in [5.74, 6) is 0.0515. The van der Waals surface area contributed by atoms with Crippen LogP contribution < -0.4 is 22.3 Å². The van der Waals surface area contributed by atoms with Gasteiger partial charge in [-0.2, -0.15) is 20.3 Å². The Morgan fingerprint density at radius 2 is 2.00 bits per heavy atom.